The van der Waals surface area contributed by atoms with Gasteiger partial charge in [-0.15, -0.1) is 0 Å². The van der Waals surface area contributed by atoms with E-state index in [1.54, 1.807) is 19.2 Å². The molecule has 0 unspecified atom stereocenters. The highest BCUT2D eigenvalue weighted by atomic mass is 32.2. The number of rotatable bonds is 4. The van der Waals surface area contributed by atoms with Gasteiger partial charge in [0, 0.05) is 13.2 Å². The third kappa shape index (κ3) is 2.67. The van der Waals surface area contributed by atoms with E-state index in [9.17, 15) is 8.42 Å². The first-order valence-electron chi connectivity index (χ1n) is 6.11. The van der Waals surface area contributed by atoms with Gasteiger partial charge in [-0.3, -0.25) is 4.72 Å². The van der Waals surface area contributed by atoms with Crippen LogP contribution in [0.25, 0.3) is 10.2 Å². The molecule has 0 saturated heterocycles. The molecule has 0 amide bonds. The SMILES string of the molecule is CNc1cccnc1S(=O)(=O)Nc1nc2ccccc2s1. The number of benzene rings is 1. The van der Waals surface area contributed by atoms with Crippen LogP contribution in [0.15, 0.2) is 47.6 Å². The Balaban J connectivity index is 1.99. The number of anilines is 2. The number of thiazole rings is 1. The maximum absolute atomic E-state index is 12.4. The first-order chi connectivity index (χ1) is 10.1. The van der Waals surface area contributed by atoms with E-state index >= 15 is 0 Å². The number of hydrogen-bond donors (Lipinski definition) is 2. The minimum atomic E-state index is -3.78. The second-order valence-electron chi connectivity index (χ2n) is 4.20. The molecule has 1 aromatic carbocycles. The van der Waals surface area contributed by atoms with E-state index in [0.29, 0.717) is 10.8 Å². The monoisotopic (exact) mass is 320 g/mol. The maximum Gasteiger partial charge on any atom is 0.283 e. The molecule has 2 N–H and O–H groups in total. The van der Waals surface area contributed by atoms with E-state index in [0.717, 1.165) is 10.2 Å². The molecule has 0 aliphatic carbocycles. The molecule has 0 atom stereocenters. The normalized spacial score (nSPS) is 11.5. The molecule has 0 bridgehead atoms. The van der Waals surface area contributed by atoms with Crippen molar-refractivity contribution >= 4 is 42.4 Å². The van der Waals surface area contributed by atoms with Gasteiger partial charge in [0.15, 0.2) is 10.2 Å². The largest absolute Gasteiger partial charge is 0.386 e. The van der Waals surface area contributed by atoms with E-state index < -0.39 is 10.0 Å². The Morgan fingerprint density at radius 2 is 1.95 bits per heavy atom. The average Bonchev–Trinajstić information content (AvgIpc) is 2.88. The molecule has 0 fully saturated rings. The van der Waals surface area contributed by atoms with E-state index in [1.807, 2.05) is 24.3 Å². The fraction of sp³-hybridized carbons (Fsp3) is 0.0769. The zero-order valence-corrected chi connectivity index (χ0v) is 12.7. The van der Waals surface area contributed by atoms with Crippen LogP contribution in [0.3, 0.4) is 0 Å². The highest BCUT2D eigenvalue weighted by molar-refractivity contribution is 7.93. The van der Waals surface area contributed by atoms with Crippen molar-refractivity contribution in [1.82, 2.24) is 9.97 Å². The summed E-state index contributed by atoms with van der Waals surface area (Å²) in [5.74, 6) is 0. The van der Waals surface area contributed by atoms with Crippen molar-refractivity contribution < 1.29 is 8.42 Å². The topological polar surface area (TPSA) is 84.0 Å². The number of aromatic nitrogens is 2. The van der Waals surface area contributed by atoms with E-state index in [1.165, 1.54) is 17.5 Å². The lowest BCUT2D eigenvalue weighted by atomic mass is 10.3. The van der Waals surface area contributed by atoms with E-state index in [2.05, 4.69) is 20.0 Å². The quantitative estimate of drug-likeness (QED) is 0.772. The predicted molar refractivity (Wildman–Crippen MR) is 84.2 cm³/mol. The lowest BCUT2D eigenvalue weighted by Gasteiger charge is -2.08. The average molecular weight is 320 g/mol. The molecule has 2 heterocycles. The molecule has 3 aromatic rings. The number of para-hydroxylation sites is 1. The van der Waals surface area contributed by atoms with Gasteiger partial charge in [0.2, 0.25) is 0 Å². The highest BCUT2D eigenvalue weighted by Gasteiger charge is 2.21. The number of nitrogens with one attached hydrogen (secondary N) is 2. The number of hydrogen-bond acceptors (Lipinski definition) is 6. The Hall–Kier alpha value is -2.19. The van der Waals surface area contributed by atoms with Gasteiger partial charge < -0.3 is 5.32 Å². The first kappa shape index (κ1) is 13.8. The molecular formula is C13H12N4O2S2. The van der Waals surface area contributed by atoms with Crippen LogP contribution in [0.2, 0.25) is 0 Å². The molecule has 8 heteroatoms. The van der Waals surface area contributed by atoms with Gasteiger partial charge in [-0.05, 0) is 24.3 Å². The molecule has 21 heavy (non-hydrogen) atoms. The summed E-state index contributed by atoms with van der Waals surface area (Å²) in [6.07, 6.45) is 1.44. The summed E-state index contributed by atoms with van der Waals surface area (Å²) >= 11 is 1.28. The second-order valence-corrected chi connectivity index (χ2v) is 6.83. The zero-order valence-electron chi connectivity index (χ0n) is 11.1. The first-order valence-corrected chi connectivity index (χ1v) is 8.41. The van der Waals surface area contributed by atoms with Crippen LogP contribution in [0.5, 0.6) is 0 Å². The smallest absolute Gasteiger partial charge is 0.283 e. The van der Waals surface area contributed by atoms with Crippen LogP contribution in [-0.4, -0.2) is 25.4 Å². The van der Waals surface area contributed by atoms with Crippen LogP contribution in [0.4, 0.5) is 10.8 Å². The molecule has 0 radical (unpaired) electrons. The van der Waals surface area contributed by atoms with Crippen molar-refractivity contribution in [3.8, 4) is 0 Å². The summed E-state index contributed by atoms with van der Waals surface area (Å²) in [7, 11) is -2.13. The molecule has 0 aliphatic heterocycles. The van der Waals surface area contributed by atoms with E-state index in [-0.39, 0.29) is 5.03 Å². The summed E-state index contributed by atoms with van der Waals surface area (Å²) in [6, 6.07) is 10.8. The lowest BCUT2D eigenvalue weighted by Crippen LogP contribution is -2.16. The fourth-order valence-corrected chi connectivity index (χ4v) is 4.12. The summed E-state index contributed by atoms with van der Waals surface area (Å²) < 4.78 is 28.2. The predicted octanol–water partition coefficient (Wildman–Crippen LogP) is 2.53. The van der Waals surface area contributed by atoms with Gasteiger partial charge in [0.05, 0.1) is 15.9 Å². The molecule has 0 aliphatic rings. The minimum Gasteiger partial charge on any atom is -0.386 e. The van der Waals surface area contributed by atoms with Crippen molar-refractivity contribution in [2.75, 3.05) is 17.1 Å². The standard InChI is InChI=1S/C13H12N4O2S2/c1-14-10-6-4-8-15-12(10)21(18,19)17-13-16-9-5-2-3-7-11(9)20-13/h2-8,14H,1H3,(H,16,17). The fourth-order valence-electron chi connectivity index (χ4n) is 1.87. The minimum absolute atomic E-state index is 0.0493. The van der Waals surface area contributed by atoms with Gasteiger partial charge in [-0.2, -0.15) is 8.42 Å². The Bertz CT molecular complexity index is 857. The van der Waals surface area contributed by atoms with Crippen molar-refractivity contribution in [1.29, 1.82) is 0 Å². The van der Waals surface area contributed by atoms with Gasteiger partial charge >= 0.3 is 0 Å². The number of nitrogens with zero attached hydrogens (tertiary/aromatic N) is 2. The molecule has 108 valence electrons. The zero-order chi connectivity index (χ0) is 14.9. The molecule has 2 aromatic heterocycles. The van der Waals surface area contributed by atoms with E-state index in [4.69, 9.17) is 0 Å². The number of pyridine rings is 1. The van der Waals surface area contributed by atoms with Crippen molar-refractivity contribution in [2.24, 2.45) is 0 Å². The van der Waals surface area contributed by atoms with Crippen LogP contribution in [0.1, 0.15) is 0 Å². The molecule has 0 saturated carbocycles. The maximum atomic E-state index is 12.4. The molecule has 0 spiro atoms. The summed E-state index contributed by atoms with van der Waals surface area (Å²) in [5.41, 5.74) is 1.20. The molecular weight excluding hydrogens is 308 g/mol. The summed E-state index contributed by atoms with van der Waals surface area (Å²) in [4.78, 5) is 8.19. The summed E-state index contributed by atoms with van der Waals surface area (Å²) in [6.45, 7) is 0. The van der Waals surface area contributed by atoms with Gasteiger partial charge in [0.1, 0.15) is 0 Å². The van der Waals surface area contributed by atoms with Crippen LogP contribution < -0.4 is 10.0 Å². The third-order valence-electron chi connectivity index (χ3n) is 2.81. The van der Waals surface area contributed by atoms with Crippen molar-refractivity contribution in [3.05, 3.63) is 42.6 Å². The Labute approximate surface area is 125 Å². The number of sulfonamides is 1. The van der Waals surface area contributed by atoms with Crippen LogP contribution >= 0.6 is 11.3 Å². The van der Waals surface area contributed by atoms with Crippen molar-refractivity contribution in [3.63, 3.8) is 0 Å². The molecule has 3 rings (SSSR count). The van der Waals surface area contributed by atoms with Gasteiger partial charge in [-0.1, -0.05) is 23.5 Å². The van der Waals surface area contributed by atoms with Gasteiger partial charge in [-0.25, -0.2) is 9.97 Å². The lowest BCUT2D eigenvalue weighted by molar-refractivity contribution is 0.598. The second kappa shape index (κ2) is 5.30. The van der Waals surface area contributed by atoms with Gasteiger partial charge in [0.25, 0.3) is 10.0 Å². The van der Waals surface area contributed by atoms with Crippen LogP contribution in [0, 0.1) is 0 Å². The molecule has 6 nitrogen and oxygen atoms in total. The third-order valence-corrected chi connectivity index (χ3v) is 5.19. The number of fused-ring (bicyclic) bond motifs is 1. The van der Waals surface area contributed by atoms with Crippen molar-refractivity contribution in [2.45, 2.75) is 5.03 Å². The highest BCUT2D eigenvalue weighted by Crippen LogP contribution is 2.28. The Morgan fingerprint density at radius 1 is 1.14 bits per heavy atom. The summed E-state index contributed by atoms with van der Waals surface area (Å²) in [5, 5.41) is 3.09. The Morgan fingerprint density at radius 3 is 2.71 bits per heavy atom. The van der Waals surface area contributed by atoms with Crippen LogP contribution in [-0.2, 0) is 10.0 Å². The Kier molecular flexibility index (Phi) is 3.48.